The van der Waals surface area contributed by atoms with Crippen molar-refractivity contribution in [3.05, 3.63) is 16.6 Å². The smallest absolute Gasteiger partial charge is 0.313 e. The number of methoxy groups -OCH3 is 1. The Bertz CT molecular complexity index is 554. The van der Waals surface area contributed by atoms with Gasteiger partial charge in [-0.15, -0.1) is 11.3 Å². The van der Waals surface area contributed by atoms with E-state index in [1.54, 1.807) is 18.4 Å². The maximum atomic E-state index is 12.9. The molecule has 0 bridgehead atoms. The van der Waals surface area contributed by atoms with Crippen molar-refractivity contribution in [3.8, 4) is 0 Å². The van der Waals surface area contributed by atoms with E-state index in [0.29, 0.717) is 19.1 Å². The molecule has 1 aromatic heterocycles. The number of esters is 1. The van der Waals surface area contributed by atoms with Crippen LogP contribution in [0.2, 0.25) is 0 Å². The summed E-state index contributed by atoms with van der Waals surface area (Å²) in [5.41, 5.74) is -0.360. The molecule has 3 heterocycles. The van der Waals surface area contributed by atoms with E-state index in [1.807, 2.05) is 18.5 Å². The standard InChI is InChI=1S/C18H29N3O3S/c1-3-24-17(22)18-5-4-7-20(13-16-19-6-10-25-16)11-15(18)12-21(14-18)8-9-23-2/h6,10,15H,3-5,7-9,11-14H2,1-2H3/t15-,18-/m0/s1. The number of nitrogens with zero attached hydrogens (tertiary/aromatic N) is 3. The molecule has 1 aromatic rings. The highest BCUT2D eigenvalue weighted by atomic mass is 32.1. The van der Waals surface area contributed by atoms with Gasteiger partial charge in [-0.05, 0) is 26.3 Å². The van der Waals surface area contributed by atoms with Crippen molar-refractivity contribution in [1.29, 1.82) is 0 Å². The average molecular weight is 368 g/mol. The van der Waals surface area contributed by atoms with Crippen molar-refractivity contribution < 1.29 is 14.3 Å². The monoisotopic (exact) mass is 367 g/mol. The first-order chi connectivity index (χ1) is 12.2. The number of hydrogen-bond acceptors (Lipinski definition) is 7. The maximum Gasteiger partial charge on any atom is 0.313 e. The Morgan fingerprint density at radius 3 is 3.00 bits per heavy atom. The largest absolute Gasteiger partial charge is 0.466 e. The van der Waals surface area contributed by atoms with E-state index in [4.69, 9.17) is 9.47 Å². The second-order valence-electron chi connectivity index (χ2n) is 7.07. The SMILES string of the molecule is CCOC(=O)[C@]12CCCN(Cc3nccs3)C[C@H]1CN(CCOC)C2. The van der Waals surface area contributed by atoms with Gasteiger partial charge in [0.05, 0.1) is 25.2 Å². The van der Waals surface area contributed by atoms with Crippen molar-refractivity contribution in [1.82, 2.24) is 14.8 Å². The highest BCUT2D eigenvalue weighted by molar-refractivity contribution is 7.09. The van der Waals surface area contributed by atoms with Crippen molar-refractivity contribution >= 4 is 17.3 Å². The molecular weight excluding hydrogens is 338 g/mol. The minimum absolute atomic E-state index is 0.00369. The van der Waals surface area contributed by atoms with Gasteiger partial charge in [0.2, 0.25) is 0 Å². The number of hydrogen-bond donors (Lipinski definition) is 0. The molecule has 6 nitrogen and oxygen atoms in total. The van der Waals surface area contributed by atoms with E-state index in [9.17, 15) is 4.79 Å². The summed E-state index contributed by atoms with van der Waals surface area (Å²) < 4.78 is 10.7. The van der Waals surface area contributed by atoms with Gasteiger partial charge in [0.25, 0.3) is 0 Å². The van der Waals surface area contributed by atoms with E-state index >= 15 is 0 Å². The lowest BCUT2D eigenvalue weighted by atomic mass is 9.75. The summed E-state index contributed by atoms with van der Waals surface area (Å²) in [7, 11) is 1.73. The molecule has 7 heteroatoms. The van der Waals surface area contributed by atoms with Gasteiger partial charge in [-0.1, -0.05) is 0 Å². The van der Waals surface area contributed by atoms with Crippen molar-refractivity contribution in [2.24, 2.45) is 11.3 Å². The minimum atomic E-state index is -0.360. The van der Waals surface area contributed by atoms with Crippen LogP contribution in [0.15, 0.2) is 11.6 Å². The highest BCUT2D eigenvalue weighted by Crippen LogP contribution is 2.43. The lowest BCUT2D eigenvalue weighted by Gasteiger charge is -2.31. The Hall–Kier alpha value is -1.02. The lowest BCUT2D eigenvalue weighted by Crippen LogP contribution is -2.42. The summed E-state index contributed by atoms with van der Waals surface area (Å²) in [6.07, 6.45) is 3.80. The molecule has 0 radical (unpaired) electrons. The third-order valence-corrected chi connectivity index (χ3v) is 6.24. The van der Waals surface area contributed by atoms with Crippen LogP contribution >= 0.6 is 11.3 Å². The van der Waals surface area contributed by atoms with Gasteiger partial charge < -0.3 is 9.47 Å². The third kappa shape index (κ3) is 4.22. The van der Waals surface area contributed by atoms with Gasteiger partial charge >= 0.3 is 5.97 Å². The summed E-state index contributed by atoms with van der Waals surface area (Å²) >= 11 is 1.70. The van der Waals surface area contributed by atoms with Crippen LogP contribution in [0.5, 0.6) is 0 Å². The van der Waals surface area contributed by atoms with Crippen LogP contribution in [0.3, 0.4) is 0 Å². The van der Waals surface area contributed by atoms with Gasteiger partial charge in [-0.25, -0.2) is 4.98 Å². The fourth-order valence-corrected chi connectivity index (χ4v) is 4.94. The summed E-state index contributed by atoms with van der Waals surface area (Å²) in [5, 5.41) is 3.18. The van der Waals surface area contributed by atoms with Gasteiger partial charge in [-0.3, -0.25) is 14.6 Å². The van der Waals surface area contributed by atoms with Crippen LogP contribution in [0.1, 0.15) is 24.8 Å². The molecule has 3 rings (SSSR count). The van der Waals surface area contributed by atoms with E-state index < -0.39 is 0 Å². The molecule has 0 N–H and O–H groups in total. The van der Waals surface area contributed by atoms with Crippen LogP contribution < -0.4 is 0 Å². The first-order valence-electron chi connectivity index (χ1n) is 9.17. The lowest BCUT2D eigenvalue weighted by molar-refractivity contribution is -0.157. The molecule has 0 amide bonds. The molecular formula is C18H29N3O3S. The van der Waals surface area contributed by atoms with E-state index in [1.165, 1.54) is 0 Å². The zero-order chi connectivity index (χ0) is 17.7. The Kier molecular flexibility index (Phi) is 6.44. The Morgan fingerprint density at radius 1 is 1.44 bits per heavy atom. The molecule has 2 aliphatic rings. The summed E-state index contributed by atoms with van der Waals surface area (Å²) in [6, 6.07) is 0. The van der Waals surface area contributed by atoms with Crippen LogP contribution in [-0.4, -0.2) is 73.8 Å². The molecule has 0 unspecified atom stereocenters. The maximum absolute atomic E-state index is 12.9. The van der Waals surface area contributed by atoms with Crippen LogP contribution in [0.4, 0.5) is 0 Å². The van der Waals surface area contributed by atoms with Crippen molar-refractivity contribution in [3.63, 3.8) is 0 Å². The van der Waals surface area contributed by atoms with Crippen LogP contribution in [0.25, 0.3) is 0 Å². The topological polar surface area (TPSA) is 54.9 Å². The Labute approximate surface area is 154 Å². The number of rotatable bonds is 7. The molecule has 2 atom stereocenters. The number of carbonyl (C=O) groups is 1. The minimum Gasteiger partial charge on any atom is -0.466 e. The number of fused-ring (bicyclic) bond motifs is 1. The summed E-state index contributed by atoms with van der Waals surface area (Å²) in [6.45, 7) is 8.50. The van der Waals surface area contributed by atoms with Crippen LogP contribution in [0, 0.1) is 11.3 Å². The third-order valence-electron chi connectivity index (χ3n) is 5.48. The quantitative estimate of drug-likeness (QED) is 0.686. The zero-order valence-corrected chi connectivity index (χ0v) is 16.1. The van der Waals surface area contributed by atoms with E-state index in [0.717, 1.165) is 57.1 Å². The molecule has 2 aliphatic heterocycles. The molecule has 140 valence electrons. The second-order valence-corrected chi connectivity index (χ2v) is 8.05. The normalized spacial score (nSPS) is 27.8. The molecule has 2 saturated heterocycles. The predicted molar refractivity (Wildman–Crippen MR) is 97.5 cm³/mol. The zero-order valence-electron chi connectivity index (χ0n) is 15.3. The molecule has 0 aliphatic carbocycles. The van der Waals surface area contributed by atoms with Gasteiger partial charge in [0.1, 0.15) is 5.01 Å². The molecule has 0 aromatic carbocycles. The van der Waals surface area contributed by atoms with Gasteiger partial charge in [0.15, 0.2) is 0 Å². The number of thiazole rings is 1. The average Bonchev–Trinajstić information content (AvgIpc) is 3.18. The fraction of sp³-hybridized carbons (Fsp3) is 0.778. The van der Waals surface area contributed by atoms with Crippen molar-refractivity contribution in [2.45, 2.75) is 26.3 Å². The second kappa shape index (κ2) is 8.58. The molecule has 0 spiro atoms. The first-order valence-corrected chi connectivity index (χ1v) is 10.0. The Morgan fingerprint density at radius 2 is 2.28 bits per heavy atom. The Balaban J connectivity index is 1.74. The molecule has 25 heavy (non-hydrogen) atoms. The molecule has 0 saturated carbocycles. The highest BCUT2D eigenvalue weighted by Gasteiger charge is 2.53. The number of likely N-dealkylation sites (tertiary alicyclic amines) is 2. The summed E-state index contributed by atoms with van der Waals surface area (Å²) in [4.78, 5) is 22.1. The fourth-order valence-electron chi connectivity index (χ4n) is 4.28. The summed E-state index contributed by atoms with van der Waals surface area (Å²) in [5.74, 6) is 0.307. The predicted octanol–water partition coefficient (Wildman–Crippen LogP) is 1.87. The van der Waals surface area contributed by atoms with Crippen molar-refractivity contribution in [2.75, 3.05) is 53.0 Å². The number of ether oxygens (including phenoxy) is 2. The molecule has 2 fully saturated rings. The van der Waals surface area contributed by atoms with E-state index in [2.05, 4.69) is 14.8 Å². The van der Waals surface area contributed by atoms with Crippen LogP contribution in [-0.2, 0) is 20.8 Å². The van der Waals surface area contributed by atoms with Gasteiger partial charge in [0, 0.05) is 50.8 Å². The van der Waals surface area contributed by atoms with Gasteiger partial charge in [-0.2, -0.15) is 0 Å². The first kappa shape index (κ1) is 18.8. The van der Waals surface area contributed by atoms with E-state index in [-0.39, 0.29) is 11.4 Å². The number of aromatic nitrogens is 1. The number of carbonyl (C=O) groups excluding carboxylic acids is 1.